The molecule has 2 aromatic rings. The van der Waals surface area contributed by atoms with Crippen molar-refractivity contribution < 1.29 is 9.90 Å². The second kappa shape index (κ2) is 4.98. The molecule has 0 spiro atoms. The van der Waals surface area contributed by atoms with Gasteiger partial charge in [0.25, 0.3) is 5.91 Å². The number of aromatic nitrogens is 1. The molecule has 20 heavy (non-hydrogen) atoms. The fraction of sp³-hybridized carbons (Fsp3) is 0.267. The van der Waals surface area contributed by atoms with Gasteiger partial charge in [-0.1, -0.05) is 6.07 Å². The lowest BCUT2D eigenvalue weighted by Crippen LogP contribution is -2.16. The molecule has 0 bridgehead atoms. The van der Waals surface area contributed by atoms with E-state index in [0.717, 1.165) is 17.3 Å². The van der Waals surface area contributed by atoms with Crippen molar-refractivity contribution in [1.82, 2.24) is 4.57 Å². The van der Waals surface area contributed by atoms with Gasteiger partial charge in [-0.05, 0) is 53.9 Å². The zero-order chi connectivity index (χ0) is 14.3. The predicted octanol–water partition coefficient (Wildman–Crippen LogP) is 3.85. The van der Waals surface area contributed by atoms with E-state index in [-0.39, 0.29) is 11.7 Å². The summed E-state index contributed by atoms with van der Waals surface area (Å²) >= 11 is 3.42. The summed E-state index contributed by atoms with van der Waals surface area (Å²) in [5.74, 6) is 0.0258. The average molecular weight is 335 g/mol. The van der Waals surface area contributed by atoms with Gasteiger partial charge in [0.1, 0.15) is 11.4 Å². The van der Waals surface area contributed by atoms with E-state index in [1.54, 1.807) is 25.1 Å². The molecular weight excluding hydrogens is 320 g/mol. The highest BCUT2D eigenvalue weighted by molar-refractivity contribution is 9.10. The molecule has 1 fully saturated rings. The number of carbonyl (C=O) groups is 1. The third kappa shape index (κ3) is 2.45. The molecule has 1 aliphatic rings. The van der Waals surface area contributed by atoms with Gasteiger partial charge in [-0.2, -0.15) is 0 Å². The van der Waals surface area contributed by atoms with Crippen LogP contribution in [-0.4, -0.2) is 15.6 Å². The minimum absolute atomic E-state index is 0.156. The Bertz CT molecular complexity index is 675. The fourth-order valence-corrected chi connectivity index (χ4v) is 2.67. The summed E-state index contributed by atoms with van der Waals surface area (Å²) in [6.07, 6.45) is 4.18. The Morgan fingerprint density at radius 3 is 2.90 bits per heavy atom. The average Bonchev–Trinajstić information content (AvgIpc) is 3.18. The summed E-state index contributed by atoms with van der Waals surface area (Å²) in [5, 5.41) is 12.5. The second-order valence-corrected chi connectivity index (χ2v) is 6.00. The summed E-state index contributed by atoms with van der Waals surface area (Å²) in [5.41, 5.74) is 1.95. The first-order valence-corrected chi connectivity index (χ1v) is 7.33. The monoisotopic (exact) mass is 334 g/mol. The Labute approximate surface area is 125 Å². The molecule has 0 aliphatic heterocycles. The van der Waals surface area contributed by atoms with Crippen LogP contribution < -0.4 is 5.32 Å². The molecule has 0 atom stereocenters. The van der Waals surface area contributed by atoms with Crippen molar-refractivity contribution in [3.8, 4) is 5.75 Å². The number of nitrogens with zero attached hydrogens (tertiary/aromatic N) is 1. The lowest BCUT2D eigenvalue weighted by atomic mass is 10.2. The van der Waals surface area contributed by atoms with E-state index in [1.807, 2.05) is 16.8 Å². The Hall–Kier alpha value is -1.75. The maximum atomic E-state index is 12.4. The van der Waals surface area contributed by atoms with Gasteiger partial charge in [0, 0.05) is 28.0 Å². The highest BCUT2D eigenvalue weighted by Crippen LogP contribution is 2.37. The van der Waals surface area contributed by atoms with Gasteiger partial charge < -0.3 is 15.0 Å². The largest absolute Gasteiger partial charge is 0.508 e. The quantitative estimate of drug-likeness (QED) is 0.895. The van der Waals surface area contributed by atoms with Gasteiger partial charge in [-0.3, -0.25) is 4.79 Å². The molecule has 1 heterocycles. The number of phenols is 1. The fourth-order valence-electron chi connectivity index (χ4n) is 2.23. The van der Waals surface area contributed by atoms with E-state index in [2.05, 4.69) is 21.2 Å². The van der Waals surface area contributed by atoms with Crippen molar-refractivity contribution in [3.05, 3.63) is 46.2 Å². The maximum absolute atomic E-state index is 12.4. The molecule has 1 aromatic heterocycles. The Morgan fingerprint density at radius 1 is 1.45 bits per heavy atom. The van der Waals surface area contributed by atoms with Crippen LogP contribution in [0.2, 0.25) is 0 Å². The molecule has 5 heteroatoms. The number of halogens is 1. The summed E-state index contributed by atoms with van der Waals surface area (Å²) in [4.78, 5) is 12.4. The van der Waals surface area contributed by atoms with Crippen molar-refractivity contribution in [2.24, 2.45) is 0 Å². The zero-order valence-corrected chi connectivity index (χ0v) is 12.6. The number of carbonyl (C=O) groups excluding carboxylic acids is 1. The van der Waals surface area contributed by atoms with Crippen LogP contribution in [0, 0.1) is 6.92 Å². The number of hydrogen-bond acceptors (Lipinski definition) is 2. The first-order chi connectivity index (χ1) is 9.56. The third-order valence-corrected chi connectivity index (χ3v) is 3.98. The lowest BCUT2D eigenvalue weighted by Gasteiger charge is -2.11. The van der Waals surface area contributed by atoms with Gasteiger partial charge in [-0.15, -0.1) is 0 Å². The number of anilines is 1. The number of hydrogen-bond donors (Lipinski definition) is 2. The van der Waals surface area contributed by atoms with E-state index in [0.29, 0.717) is 23.0 Å². The van der Waals surface area contributed by atoms with Crippen LogP contribution in [0.25, 0.3) is 0 Å². The summed E-state index contributed by atoms with van der Waals surface area (Å²) in [6.45, 7) is 1.78. The van der Waals surface area contributed by atoms with Crippen molar-refractivity contribution in [2.75, 3.05) is 5.32 Å². The number of benzene rings is 1. The summed E-state index contributed by atoms with van der Waals surface area (Å²) in [6, 6.07) is 7.37. The summed E-state index contributed by atoms with van der Waals surface area (Å²) in [7, 11) is 0. The van der Waals surface area contributed by atoms with Gasteiger partial charge in [0.05, 0.1) is 0 Å². The molecule has 0 unspecified atom stereocenters. The highest BCUT2D eigenvalue weighted by Gasteiger charge is 2.27. The molecule has 4 nitrogen and oxygen atoms in total. The number of aromatic hydroxyl groups is 1. The van der Waals surface area contributed by atoms with Gasteiger partial charge in [0.2, 0.25) is 0 Å². The maximum Gasteiger partial charge on any atom is 0.272 e. The van der Waals surface area contributed by atoms with E-state index in [1.165, 1.54) is 0 Å². The Balaban J connectivity index is 1.88. The van der Waals surface area contributed by atoms with E-state index in [4.69, 9.17) is 0 Å². The molecule has 3 rings (SSSR count). The standard InChI is InChI=1S/C15H15BrN2O2/c1-9-12(3-2-4-14(9)19)17-15(20)13-7-10(16)8-18(13)11-5-6-11/h2-4,7-8,11,19H,5-6H2,1H3,(H,17,20). The van der Waals surface area contributed by atoms with Crippen LogP contribution in [-0.2, 0) is 0 Å². The van der Waals surface area contributed by atoms with E-state index >= 15 is 0 Å². The highest BCUT2D eigenvalue weighted by atomic mass is 79.9. The van der Waals surface area contributed by atoms with Crippen molar-refractivity contribution >= 4 is 27.5 Å². The van der Waals surface area contributed by atoms with Crippen LogP contribution in [0.15, 0.2) is 34.9 Å². The van der Waals surface area contributed by atoms with Crippen LogP contribution in [0.4, 0.5) is 5.69 Å². The minimum atomic E-state index is -0.156. The van der Waals surface area contributed by atoms with Crippen LogP contribution >= 0.6 is 15.9 Å². The van der Waals surface area contributed by atoms with Gasteiger partial charge in [0.15, 0.2) is 0 Å². The molecular formula is C15H15BrN2O2. The van der Waals surface area contributed by atoms with Crippen LogP contribution in [0.3, 0.4) is 0 Å². The van der Waals surface area contributed by atoms with E-state index < -0.39 is 0 Å². The third-order valence-electron chi connectivity index (χ3n) is 3.54. The molecule has 0 radical (unpaired) electrons. The minimum Gasteiger partial charge on any atom is -0.508 e. The molecule has 1 aliphatic carbocycles. The van der Waals surface area contributed by atoms with Gasteiger partial charge >= 0.3 is 0 Å². The normalized spacial score (nSPS) is 14.3. The molecule has 1 saturated carbocycles. The van der Waals surface area contributed by atoms with Crippen LogP contribution in [0.1, 0.15) is 34.9 Å². The Morgan fingerprint density at radius 2 is 2.20 bits per heavy atom. The number of nitrogens with one attached hydrogen (secondary N) is 1. The molecule has 1 amide bonds. The smallest absolute Gasteiger partial charge is 0.272 e. The van der Waals surface area contributed by atoms with Crippen LogP contribution in [0.5, 0.6) is 5.75 Å². The lowest BCUT2D eigenvalue weighted by molar-refractivity contribution is 0.101. The topological polar surface area (TPSA) is 54.3 Å². The molecule has 1 aromatic carbocycles. The zero-order valence-electron chi connectivity index (χ0n) is 11.1. The van der Waals surface area contributed by atoms with Crippen molar-refractivity contribution in [3.63, 3.8) is 0 Å². The second-order valence-electron chi connectivity index (χ2n) is 5.09. The first-order valence-electron chi connectivity index (χ1n) is 6.53. The number of amides is 1. The molecule has 2 N–H and O–H groups in total. The van der Waals surface area contributed by atoms with Crippen molar-refractivity contribution in [2.45, 2.75) is 25.8 Å². The summed E-state index contributed by atoms with van der Waals surface area (Å²) < 4.78 is 2.92. The predicted molar refractivity (Wildman–Crippen MR) is 81.2 cm³/mol. The van der Waals surface area contributed by atoms with Crippen molar-refractivity contribution in [1.29, 1.82) is 0 Å². The molecule has 0 saturated heterocycles. The van der Waals surface area contributed by atoms with Gasteiger partial charge in [-0.25, -0.2) is 0 Å². The van der Waals surface area contributed by atoms with E-state index in [9.17, 15) is 9.90 Å². The Kier molecular flexibility index (Phi) is 3.30. The molecule has 104 valence electrons. The first kappa shape index (κ1) is 13.2. The number of rotatable bonds is 3. The number of phenolic OH excluding ortho intramolecular Hbond substituents is 1. The SMILES string of the molecule is Cc1c(O)cccc1NC(=O)c1cc(Br)cn1C1CC1.